The second kappa shape index (κ2) is 17.4. The van der Waals surface area contributed by atoms with Crippen molar-refractivity contribution in [3.63, 3.8) is 0 Å². The van der Waals surface area contributed by atoms with Crippen LogP contribution in [0.25, 0.3) is 0 Å². The van der Waals surface area contributed by atoms with E-state index < -0.39 is 24.3 Å². The van der Waals surface area contributed by atoms with E-state index in [2.05, 4.69) is 29.0 Å². The molecule has 3 N–H and O–H groups in total. The standard InChI is InChI=1S/C39H49N3O6/c1-4-22-42(33-12-8-9-13-33)25-35-27(2)36(31-18-16-30(26-43)17-19-31)48-38(47-35)32-20-14-29(15-21-32)24-40-39(45)41-34(37(44)46-3)23-28-10-6-5-7-11-28/h4-7,10-11,14-21,27,33-36,38,43H,1,8-9,12-13,22-26H2,2-3H3,(H2,40,41,45)/t27-,34-,35+,36+,38+/m0/s1. The Hall–Kier alpha value is -4.02. The van der Waals surface area contributed by atoms with Gasteiger partial charge in [-0.05, 0) is 35.1 Å². The molecule has 1 aliphatic carbocycles. The zero-order valence-electron chi connectivity index (χ0n) is 28.1. The lowest BCUT2D eigenvalue weighted by atomic mass is 9.89. The van der Waals surface area contributed by atoms with Crippen LogP contribution < -0.4 is 10.6 Å². The second-order valence-corrected chi connectivity index (χ2v) is 12.8. The molecular formula is C39H49N3O6. The lowest BCUT2D eigenvalue weighted by Gasteiger charge is -2.43. The van der Waals surface area contributed by atoms with Crippen LogP contribution in [0.3, 0.4) is 0 Å². The lowest BCUT2D eigenvalue weighted by molar-refractivity contribution is -0.276. The van der Waals surface area contributed by atoms with Gasteiger partial charge in [0.1, 0.15) is 6.04 Å². The quantitative estimate of drug-likeness (QED) is 0.145. The molecule has 9 nitrogen and oxygen atoms in total. The number of amides is 2. The summed E-state index contributed by atoms with van der Waals surface area (Å²) in [6.45, 7) is 8.09. The first-order chi connectivity index (χ1) is 23.4. The maximum Gasteiger partial charge on any atom is 0.328 e. The van der Waals surface area contributed by atoms with E-state index >= 15 is 0 Å². The minimum Gasteiger partial charge on any atom is -0.467 e. The van der Waals surface area contributed by atoms with E-state index in [-0.39, 0.29) is 31.3 Å². The van der Waals surface area contributed by atoms with E-state index in [1.807, 2.05) is 84.9 Å². The molecule has 1 saturated carbocycles. The molecule has 48 heavy (non-hydrogen) atoms. The van der Waals surface area contributed by atoms with Gasteiger partial charge in [-0.15, -0.1) is 6.58 Å². The van der Waals surface area contributed by atoms with Gasteiger partial charge in [0, 0.05) is 43.6 Å². The summed E-state index contributed by atoms with van der Waals surface area (Å²) in [4.78, 5) is 27.6. The van der Waals surface area contributed by atoms with Crippen LogP contribution in [0.4, 0.5) is 4.79 Å². The molecular weight excluding hydrogens is 606 g/mol. The van der Waals surface area contributed by atoms with Crippen LogP contribution >= 0.6 is 0 Å². The molecule has 2 aliphatic rings. The molecule has 3 aromatic rings. The van der Waals surface area contributed by atoms with Crippen molar-refractivity contribution in [1.82, 2.24) is 15.5 Å². The van der Waals surface area contributed by atoms with E-state index in [0.717, 1.165) is 40.9 Å². The fraction of sp³-hybridized carbons (Fsp3) is 0.436. The Morgan fingerprint density at radius 1 is 0.958 bits per heavy atom. The Kier molecular flexibility index (Phi) is 12.8. The van der Waals surface area contributed by atoms with E-state index in [0.29, 0.717) is 12.5 Å². The highest BCUT2D eigenvalue weighted by Gasteiger charge is 2.40. The minimum atomic E-state index is -0.806. The maximum absolute atomic E-state index is 12.8. The third-order valence-corrected chi connectivity index (χ3v) is 9.52. The van der Waals surface area contributed by atoms with Crippen molar-refractivity contribution in [3.05, 3.63) is 119 Å². The molecule has 1 aliphatic heterocycles. The van der Waals surface area contributed by atoms with Gasteiger partial charge in [0.05, 0.1) is 25.9 Å². The number of aliphatic hydroxyl groups excluding tert-OH is 1. The average Bonchev–Trinajstić information content (AvgIpc) is 3.67. The minimum absolute atomic E-state index is 0.00393. The summed E-state index contributed by atoms with van der Waals surface area (Å²) in [7, 11) is 1.31. The van der Waals surface area contributed by atoms with Gasteiger partial charge in [0.2, 0.25) is 0 Å². The topological polar surface area (TPSA) is 109 Å². The molecule has 3 aromatic carbocycles. The van der Waals surface area contributed by atoms with Crippen LogP contribution in [0.2, 0.25) is 0 Å². The lowest BCUT2D eigenvalue weighted by Crippen LogP contribution is -2.47. The Morgan fingerprint density at radius 3 is 2.27 bits per heavy atom. The molecule has 2 amide bonds. The Morgan fingerprint density at radius 2 is 1.62 bits per heavy atom. The van der Waals surface area contributed by atoms with Crippen molar-refractivity contribution in [2.45, 2.75) is 82.8 Å². The third kappa shape index (κ3) is 9.32. The van der Waals surface area contributed by atoms with E-state index in [1.165, 1.54) is 32.8 Å². The molecule has 0 unspecified atom stereocenters. The number of rotatable bonds is 14. The summed E-state index contributed by atoms with van der Waals surface area (Å²) >= 11 is 0. The van der Waals surface area contributed by atoms with E-state index in [1.54, 1.807) is 0 Å². The summed E-state index contributed by atoms with van der Waals surface area (Å²) in [5.74, 6) is -0.412. The zero-order valence-corrected chi connectivity index (χ0v) is 28.1. The van der Waals surface area contributed by atoms with Gasteiger partial charge in [-0.25, -0.2) is 9.59 Å². The van der Waals surface area contributed by atoms with Crippen LogP contribution in [-0.2, 0) is 38.6 Å². The van der Waals surface area contributed by atoms with Gasteiger partial charge in [-0.3, -0.25) is 4.90 Å². The van der Waals surface area contributed by atoms with Crippen molar-refractivity contribution < 1.29 is 28.9 Å². The molecule has 0 radical (unpaired) electrons. The Labute approximate surface area is 284 Å². The molecule has 0 aromatic heterocycles. The molecule has 5 rings (SSSR count). The first kappa shape index (κ1) is 35.3. The largest absolute Gasteiger partial charge is 0.467 e. The Balaban J connectivity index is 1.26. The number of ether oxygens (including phenoxy) is 3. The molecule has 2 fully saturated rings. The smallest absolute Gasteiger partial charge is 0.328 e. The van der Waals surface area contributed by atoms with Crippen molar-refractivity contribution in [2.75, 3.05) is 20.2 Å². The summed E-state index contributed by atoms with van der Waals surface area (Å²) in [5.41, 5.74) is 4.62. The first-order valence-corrected chi connectivity index (χ1v) is 17.0. The molecule has 0 spiro atoms. The number of hydrogen-bond donors (Lipinski definition) is 3. The van der Waals surface area contributed by atoms with E-state index in [4.69, 9.17) is 14.2 Å². The predicted molar refractivity (Wildman–Crippen MR) is 185 cm³/mol. The van der Waals surface area contributed by atoms with Crippen molar-refractivity contribution in [3.8, 4) is 0 Å². The molecule has 9 heteroatoms. The number of nitrogens with zero attached hydrogens (tertiary/aromatic N) is 1. The van der Waals surface area contributed by atoms with Crippen molar-refractivity contribution in [1.29, 1.82) is 0 Å². The monoisotopic (exact) mass is 655 g/mol. The fourth-order valence-corrected chi connectivity index (χ4v) is 6.74. The fourth-order valence-electron chi connectivity index (χ4n) is 6.74. The van der Waals surface area contributed by atoms with Crippen LogP contribution in [0.1, 0.15) is 72.8 Å². The van der Waals surface area contributed by atoms with Gasteiger partial charge in [0.15, 0.2) is 6.29 Å². The molecule has 0 bridgehead atoms. The number of benzene rings is 3. The van der Waals surface area contributed by atoms with Gasteiger partial charge in [-0.1, -0.05) is 105 Å². The van der Waals surface area contributed by atoms with E-state index in [9.17, 15) is 14.7 Å². The van der Waals surface area contributed by atoms with Gasteiger partial charge >= 0.3 is 12.0 Å². The van der Waals surface area contributed by atoms with Crippen LogP contribution in [0, 0.1) is 5.92 Å². The van der Waals surface area contributed by atoms with Gasteiger partial charge < -0.3 is 30.0 Å². The highest BCUT2D eigenvalue weighted by molar-refractivity contribution is 5.83. The molecule has 1 saturated heterocycles. The summed E-state index contributed by atoms with van der Waals surface area (Å²) in [5, 5.41) is 15.2. The average molecular weight is 656 g/mol. The number of aliphatic hydroxyl groups is 1. The van der Waals surface area contributed by atoms with Crippen LogP contribution in [-0.4, -0.2) is 60.4 Å². The Bertz CT molecular complexity index is 1460. The van der Waals surface area contributed by atoms with Crippen molar-refractivity contribution >= 4 is 12.0 Å². The predicted octanol–water partition coefficient (Wildman–Crippen LogP) is 5.98. The third-order valence-electron chi connectivity index (χ3n) is 9.52. The zero-order chi connectivity index (χ0) is 33.9. The highest BCUT2D eigenvalue weighted by Crippen LogP contribution is 2.42. The summed E-state index contributed by atoms with van der Waals surface area (Å²) in [6, 6.07) is 24.6. The first-order valence-electron chi connectivity index (χ1n) is 17.0. The number of hydrogen-bond acceptors (Lipinski definition) is 7. The number of methoxy groups -OCH3 is 1. The summed E-state index contributed by atoms with van der Waals surface area (Å²) < 4.78 is 18.3. The summed E-state index contributed by atoms with van der Waals surface area (Å²) in [6.07, 6.45) is 6.38. The second-order valence-electron chi connectivity index (χ2n) is 12.8. The van der Waals surface area contributed by atoms with Crippen LogP contribution in [0.15, 0.2) is 91.5 Å². The number of carbonyl (C=O) groups excluding carboxylic acids is 2. The van der Waals surface area contributed by atoms with Crippen molar-refractivity contribution in [2.24, 2.45) is 5.92 Å². The highest BCUT2D eigenvalue weighted by atomic mass is 16.7. The molecule has 1 heterocycles. The number of carbonyl (C=O) groups is 2. The molecule has 256 valence electrons. The van der Waals surface area contributed by atoms with Crippen LogP contribution in [0.5, 0.6) is 0 Å². The number of nitrogens with one attached hydrogen (secondary N) is 2. The molecule has 5 atom stereocenters. The van der Waals surface area contributed by atoms with Gasteiger partial charge in [-0.2, -0.15) is 0 Å². The SMILES string of the molecule is C=CCN(C[C@H]1O[C@@H](c2ccc(CNC(=O)N[C@@H](Cc3ccccc3)C(=O)OC)cc2)O[C@@H](c2ccc(CO)cc2)[C@H]1C)C1CCCC1. The van der Waals surface area contributed by atoms with Gasteiger partial charge in [0.25, 0.3) is 0 Å². The maximum atomic E-state index is 12.8. The number of esters is 1. The normalized spacial score (nSPS) is 21.8. The number of urea groups is 1.